The van der Waals surface area contributed by atoms with Crippen LogP contribution in [0, 0.1) is 17.0 Å². The van der Waals surface area contributed by atoms with Gasteiger partial charge in [-0.15, -0.1) is 0 Å². The van der Waals surface area contributed by atoms with Crippen LogP contribution in [0.4, 0.5) is 11.4 Å². The molecule has 0 saturated heterocycles. The minimum absolute atomic E-state index is 0.00937. The molecule has 0 bridgehead atoms. The van der Waals surface area contributed by atoms with Crippen molar-refractivity contribution in [3.8, 4) is 0 Å². The molecule has 3 aromatic rings. The second-order valence-electron chi connectivity index (χ2n) is 6.02. The van der Waals surface area contributed by atoms with Crippen molar-refractivity contribution < 1.29 is 9.72 Å². The monoisotopic (exact) mass is 379 g/mol. The first-order chi connectivity index (χ1) is 13.0. The fourth-order valence-electron chi connectivity index (χ4n) is 2.90. The average Bonchev–Trinajstić information content (AvgIpc) is 2.63. The number of fused-ring (bicyclic) bond motifs is 1. The number of nitrogens with zero attached hydrogens (tertiary/aromatic N) is 1. The number of carbonyl (C=O) groups excluding carboxylic acids is 1. The molecule has 27 heavy (non-hydrogen) atoms. The number of nitro groups is 1. The molecule has 136 valence electrons. The van der Waals surface area contributed by atoms with E-state index in [1.807, 2.05) is 42.5 Å². The zero-order chi connectivity index (χ0) is 19.4. The van der Waals surface area contributed by atoms with E-state index in [0.29, 0.717) is 11.3 Å². The van der Waals surface area contributed by atoms with Crippen LogP contribution in [0.25, 0.3) is 10.8 Å². The van der Waals surface area contributed by atoms with Gasteiger partial charge in [-0.1, -0.05) is 48.5 Å². The Morgan fingerprint density at radius 3 is 2.56 bits per heavy atom. The van der Waals surface area contributed by atoms with Crippen LogP contribution in [-0.2, 0) is 11.2 Å². The number of hydrogen-bond acceptors (Lipinski definition) is 4. The van der Waals surface area contributed by atoms with Gasteiger partial charge in [-0.2, -0.15) is 0 Å². The summed E-state index contributed by atoms with van der Waals surface area (Å²) in [7, 11) is 0. The van der Waals surface area contributed by atoms with Gasteiger partial charge in [-0.3, -0.25) is 14.9 Å². The number of nitrogens with one attached hydrogen (secondary N) is 2. The first kappa shape index (κ1) is 18.5. The van der Waals surface area contributed by atoms with E-state index in [1.165, 1.54) is 6.07 Å². The molecule has 0 heterocycles. The van der Waals surface area contributed by atoms with E-state index in [0.717, 1.165) is 16.3 Å². The second kappa shape index (κ2) is 7.92. The average molecular weight is 379 g/mol. The minimum atomic E-state index is -0.456. The Kier molecular flexibility index (Phi) is 5.42. The van der Waals surface area contributed by atoms with Gasteiger partial charge in [-0.05, 0) is 41.5 Å². The van der Waals surface area contributed by atoms with Gasteiger partial charge in [0, 0.05) is 6.07 Å². The maximum absolute atomic E-state index is 12.4. The molecule has 0 unspecified atom stereocenters. The third-order valence-electron chi connectivity index (χ3n) is 4.23. The number of benzene rings is 3. The van der Waals surface area contributed by atoms with Crippen molar-refractivity contribution in [2.24, 2.45) is 0 Å². The third kappa shape index (κ3) is 4.27. The molecule has 1 amide bonds. The summed E-state index contributed by atoms with van der Waals surface area (Å²) in [5.41, 5.74) is 1.83. The van der Waals surface area contributed by atoms with Gasteiger partial charge < -0.3 is 10.6 Å². The van der Waals surface area contributed by atoms with Crippen molar-refractivity contribution in [1.82, 2.24) is 5.32 Å². The van der Waals surface area contributed by atoms with E-state index in [1.54, 1.807) is 19.1 Å². The molecule has 2 N–H and O–H groups in total. The highest BCUT2D eigenvalue weighted by Crippen LogP contribution is 2.25. The highest BCUT2D eigenvalue weighted by atomic mass is 32.1. The quantitative estimate of drug-likeness (QED) is 0.405. The van der Waals surface area contributed by atoms with Crippen molar-refractivity contribution in [3.05, 3.63) is 81.9 Å². The number of hydrogen-bond donors (Lipinski definition) is 2. The topological polar surface area (TPSA) is 84.3 Å². The molecule has 3 rings (SSSR count). The Morgan fingerprint density at radius 2 is 1.78 bits per heavy atom. The molecule has 0 radical (unpaired) electrons. The predicted octanol–water partition coefficient (Wildman–Crippen LogP) is 4.11. The van der Waals surface area contributed by atoms with Crippen LogP contribution < -0.4 is 10.6 Å². The van der Waals surface area contributed by atoms with E-state index >= 15 is 0 Å². The molecule has 3 aromatic carbocycles. The van der Waals surface area contributed by atoms with Crippen LogP contribution in [0.3, 0.4) is 0 Å². The summed E-state index contributed by atoms with van der Waals surface area (Å²) in [5, 5.41) is 18.7. The number of rotatable bonds is 4. The molecule has 0 spiro atoms. The van der Waals surface area contributed by atoms with Gasteiger partial charge >= 0.3 is 0 Å². The number of carbonyl (C=O) groups is 1. The normalized spacial score (nSPS) is 10.4. The van der Waals surface area contributed by atoms with Crippen molar-refractivity contribution in [2.75, 3.05) is 5.32 Å². The molecular weight excluding hydrogens is 362 g/mol. The van der Waals surface area contributed by atoms with E-state index in [9.17, 15) is 14.9 Å². The SMILES string of the molecule is Cc1c(NC(=S)NC(=O)Cc2cccc3ccccc23)cccc1[N+](=O)[O-]. The van der Waals surface area contributed by atoms with Crippen LogP contribution in [0.1, 0.15) is 11.1 Å². The van der Waals surface area contributed by atoms with Gasteiger partial charge in [0.05, 0.1) is 22.6 Å². The molecule has 0 aliphatic carbocycles. The molecular formula is C20H17N3O3S. The smallest absolute Gasteiger partial charge is 0.274 e. The maximum Gasteiger partial charge on any atom is 0.274 e. The van der Waals surface area contributed by atoms with E-state index in [-0.39, 0.29) is 23.1 Å². The van der Waals surface area contributed by atoms with Gasteiger partial charge in [0.25, 0.3) is 5.69 Å². The third-order valence-corrected chi connectivity index (χ3v) is 4.44. The summed E-state index contributed by atoms with van der Waals surface area (Å²) in [5.74, 6) is -0.257. The number of anilines is 1. The van der Waals surface area contributed by atoms with Gasteiger partial charge in [-0.25, -0.2) is 0 Å². The van der Waals surface area contributed by atoms with Crippen molar-refractivity contribution in [1.29, 1.82) is 0 Å². The van der Waals surface area contributed by atoms with E-state index < -0.39 is 4.92 Å². The highest BCUT2D eigenvalue weighted by molar-refractivity contribution is 7.80. The lowest BCUT2D eigenvalue weighted by Crippen LogP contribution is -2.35. The van der Waals surface area contributed by atoms with Gasteiger partial charge in [0.15, 0.2) is 5.11 Å². The summed E-state index contributed by atoms with van der Waals surface area (Å²) in [4.78, 5) is 22.9. The van der Waals surface area contributed by atoms with Crippen LogP contribution in [0.15, 0.2) is 60.7 Å². The zero-order valence-corrected chi connectivity index (χ0v) is 15.4. The van der Waals surface area contributed by atoms with E-state index in [4.69, 9.17) is 12.2 Å². The Balaban J connectivity index is 1.69. The van der Waals surface area contributed by atoms with Crippen molar-refractivity contribution >= 4 is 45.4 Å². The summed E-state index contributed by atoms with van der Waals surface area (Å²) >= 11 is 5.18. The van der Waals surface area contributed by atoms with Crippen LogP contribution >= 0.6 is 12.2 Å². The Bertz CT molecular complexity index is 1040. The summed E-state index contributed by atoms with van der Waals surface area (Å²) in [6.07, 6.45) is 0.178. The molecule has 6 nitrogen and oxygen atoms in total. The summed E-state index contributed by atoms with van der Waals surface area (Å²) in [6.45, 7) is 1.63. The molecule has 0 aromatic heterocycles. The summed E-state index contributed by atoms with van der Waals surface area (Å²) in [6, 6.07) is 18.3. The minimum Gasteiger partial charge on any atom is -0.332 e. The van der Waals surface area contributed by atoms with Gasteiger partial charge in [0.1, 0.15) is 0 Å². The number of thiocarbonyl (C=S) groups is 1. The first-order valence-corrected chi connectivity index (χ1v) is 8.68. The molecule has 7 heteroatoms. The maximum atomic E-state index is 12.4. The molecule has 0 fully saturated rings. The van der Waals surface area contributed by atoms with Gasteiger partial charge in [0.2, 0.25) is 5.91 Å². The molecule has 0 saturated carbocycles. The standard InChI is InChI=1S/C20H17N3O3S/c1-13-17(10-5-11-18(13)23(25)26)21-20(27)22-19(24)12-15-8-4-7-14-6-2-3-9-16(14)15/h2-11H,12H2,1H3,(H2,21,22,24,27). The van der Waals surface area contributed by atoms with Crippen molar-refractivity contribution in [2.45, 2.75) is 13.3 Å². The summed E-state index contributed by atoms with van der Waals surface area (Å²) < 4.78 is 0. The highest BCUT2D eigenvalue weighted by Gasteiger charge is 2.15. The lowest BCUT2D eigenvalue weighted by Gasteiger charge is -2.12. The van der Waals surface area contributed by atoms with Crippen LogP contribution in [0.2, 0.25) is 0 Å². The predicted molar refractivity (Wildman–Crippen MR) is 110 cm³/mol. The molecule has 0 aliphatic rings. The largest absolute Gasteiger partial charge is 0.332 e. The fourth-order valence-corrected chi connectivity index (χ4v) is 3.12. The zero-order valence-electron chi connectivity index (χ0n) is 14.6. The lowest BCUT2D eigenvalue weighted by molar-refractivity contribution is -0.385. The van der Waals surface area contributed by atoms with E-state index in [2.05, 4.69) is 10.6 Å². The van der Waals surface area contributed by atoms with Crippen LogP contribution in [0.5, 0.6) is 0 Å². The number of amides is 1. The first-order valence-electron chi connectivity index (χ1n) is 8.27. The fraction of sp³-hybridized carbons (Fsp3) is 0.100. The Morgan fingerprint density at radius 1 is 1.07 bits per heavy atom. The Labute approximate surface area is 161 Å². The Hall–Kier alpha value is -3.32. The molecule has 0 aliphatic heterocycles. The van der Waals surface area contributed by atoms with Crippen LogP contribution in [-0.4, -0.2) is 15.9 Å². The van der Waals surface area contributed by atoms with Crippen molar-refractivity contribution in [3.63, 3.8) is 0 Å². The lowest BCUT2D eigenvalue weighted by atomic mass is 10.0. The number of nitro benzene ring substituents is 1. The second-order valence-corrected chi connectivity index (χ2v) is 6.43. The molecule has 0 atom stereocenters.